The number of amides is 1. The number of carbonyl (C=O) groups is 1. The Bertz CT molecular complexity index is 664. The van der Waals surface area contributed by atoms with Crippen LogP contribution in [0.4, 0.5) is 5.69 Å². The molecule has 1 unspecified atom stereocenters. The fourth-order valence-corrected chi connectivity index (χ4v) is 2.44. The van der Waals surface area contributed by atoms with Crippen molar-refractivity contribution in [1.82, 2.24) is 0 Å². The largest absolute Gasteiger partial charge is 0.312 e. The van der Waals surface area contributed by atoms with Gasteiger partial charge in [0.15, 0.2) is 0 Å². The van der Waals surface area contributed by atoms with E-state index in [9.17, 15) is 4.79 Å². The van der Waals surface area contributed by atoms with Crippen LogP contribution in [0.3, 0.4) is 0 Å². The number of fused-ring (bicyclic) bond motifs is 1. The maximum absolute atomic E-state index is 11.7. The molecule has 1 amide bonds. The molecule has 0 radical (unpaired) electrons. The minimum Gasteiger partial charge on any atom is -0.312 e. The van der Waals surface area contributed by atoms with E-state index in [1.165, 1.54) is 6.92 Å². The average molecular weight is 247 g/mol. The molecule has 92 valence electrons. The molecular weight excluding hydrogens is 234 g/mol. The lowest BCUT2D eigenvalue weighted by atomic mass is 9.94. The number of nitrogens with zero attached hydrogens (tertiary/aromatic N) is 1. The second kappa shape index (κ2) is 4.93. The van der Waals surface area contributed by atoms with Crippen LogP contribution in [0.1, 0.15) is 36.0 Å². The summed E-state index contributed by atoms with van der Waals surface area (Å²) in [6.45, 7) is 2.12. The molecule has 0 bridgehead atoms. The van der Waals surface area contributed by atoms with Crippen molar-refractivity contribution in [2.45, 2.75) is 19.3 Å². The van der Waals surface area contributed by atoms with Crippen LogP contribution in [0.15, 0.2) is 12.1 Å². The Morgan fingerprint density at radius 3 is 2.47 bits per heavy atom. The number of carbonyl (C=O) groups excluding carboxylic acids is 1. The van der Waals surface area contributed by atoms with E-state index >= 15 is 0 Å². The van der Waals surface area contributed by atoms with Crippen LogP contribution in [0.5, 0.6) is 0 Å². The van der Waals surface area contributed by atoms with Crippen LogP contribution in [-0.2, 0) is 4.79 Å². The van der Waals surface area contributed by atoms with Crippen LogP contribution >= 0.6 is 0 Å². The number of terminal acetylenes is 3. The molecule has 0 aliphatic carbocycles. The first-order chi connectivity index (χ1) is 9.12. The van der Waals surface area contributed by atoms with Gasteiger partial charge in [0.05, 0.1) is 0 Å². The van der Waals surface area contributed by atoms with Crippen molar-refractivity contribution >= 4 is 11.6 Å². The van der Waals surface area contributed by atoms with E-state index in [2.05, 4.69) is 17.8 Å². The smallest absolute Gasteiger partial charge is 0.223 e. The standard InChI is InChI=1S/C17H13NO/c1-5-8-15-11-18(12(4)19)17-10-14(7-3)13(6-2)9-16(15)17/h1-3,9-10,15H,8,11H2,4H3. The third-order valence-corrected chi connectivity index (χ3v) is 3.36. The first-order valence-electron chi connectivity index (χ1n) is 5.95. The highest BCUT2D eigenvalue weighted by Gasteiger charge is 2.31. The van der Waals surface area contributed by atoms with Gasteiger partial charge in [-0.15, -0.1) is 25.2 Å². The predicted molar refractivity (Wildman–Crippen MR) is 76.5 cm³/mol. The molecule has 1 atom stereocenters. The zero-order chi connectivity index (χ0) is 14.0. The van der Waals surface area contributed by atoms with Gasteiger partial charge in [0.2, 0.25) is 5.91 Å². The van der Waals surface area contributed by atoms with E-state index in [0.29, 0.717) is 24.1 Å². The highest BCUT2D eigenvalue weighted by Crippen LogP contribution is 2.39. The van der Waals surface area contributed by atoms with Crippen molar-refractivity contribution in [3.05, 3.63) is 28.8 Å². The fourth-order valence-electron chi connectivity index (χ4n) is 2.44. The van der Waals surface area contributed by atoms with Gasteiger partial charge in [-0.1, -0.05) is 11.8 Å². The zero-order valence-corrected chi connectivity index (χ0v) is 10.7. The van der Waals surface area contributed by atoms with Crippen LogP contribution in [0.25, 0.3) is 0 Å². The highest BCUT2D eigenvalue weighted by molar-refractivity contribution is 5.94. The third-order valence-electron chi connectivity index (χ3n) is 3.36. The quantitative estimate of drug-likeness (QED) is 0.696. The summed E-state index contributed by atoms with van der Waals surface area (Å²) in [5.74, 6) is 7.90. The number of rotatable bonds is 1. The Labute approximate surface area is 113 Å². The Hall–Kier alpha value is -2.63. The van der Waals surface area contributed by atoms with Crippen molar-refractivity contribution < 1.29 is 4.79 Å². The zero-order valence-electron chi connectivity index (χ0n) is 10.7. The summed E-state index contributed by atoms with van der Waals surface area (Å²) >= 11 is 0. The molecule has 2 rings (SSSR count). The van der Waals surface area contributed by atoms with E-state index in [1.54, 1.807) is 4.90 Å². The summed E-state index contributed by atoms with van der Waals surface area (Å²) in [6, 6.07) is 3.69. The molecule has 1 aromatic rings. The number of hydrogen-bond donors (Lipinski definition) is 0. The molecule has 0 saturated carbocycles. The summed E-state index contributed by atoms with van der Waals surface area (Å²) in [5, 5.41) is 0. The van der Waals surface area contributed by atoms with Crippen molar-refractivity contribution in [3.8, 4) is 37.0 Å². The van der Waals surface area contributed by atoms with Crippen LogP contribution in [0.2, 0.25) is 0 Å². The molecule has 0 N–H and O–H groups in total. The monoisotopic (exact) mass is 247 g/mol. The lowest BCUT2D eigenvalue weighted by Gasteiger charge is -2.15. The van der Waals surface area contributed by atoms with E-state index < -0.39 is 0 Å². The molecule has 2 nitrogen and oxygen atoms in total. The van der Waals surface area contributed by atoms with Crippen molar-refractivity contribution in [3.63, 3.8) is 0 Å². The Morgan fingerprint density at radius 2 is 1.95 bits per heavy atom. The average Bonchev–Trinajstić information content (AvgIpc) is 2.76. The van der Waals surface area contributed by atoms with E-state index in [1.807, 2.05) is 12.1 Å². The molecule has 0 spiro atoms. The van der Waals surface area contributed by atoms with Crippen molar-refractivity contribution in [1.29, 1.82) is 0 Å². The minimum absolute atomic E-state index is 0.0165. The molecular formula is C17H13NO. The summed E-state index contributed by atoms with van der Waals surface area (Å²) in [5.41, 5.74) is 3.15. The van der Waals surface area contributed by atoms with Gasteiger partial charge < -0.3 is 4.90 Å². The molecule has 1 aliphatic rings. The summed E-state index contributed by atoms with van der Waals surface area (Å²) < 4.78 is 0. The molecule has 1 aliphatic heterocycles. The molecule has 0 aromatic heterocycles. The van der Waals surface area contributed by atoms with Crippen molar-refractivity contribution in [2.75, 3.05) is 11.4 Å². The summed E-state index contributed by atoms with van der Waals surface area (Å²) in [4.78, 5) is 13.4. The normalized spacial score (nSPS) is 16.1. The van der Waals surface area contributed by atoms with E-state index in [-0.39, 0.29) is 11.8 Å². The van der Waals surface area contributed by atoms with Gasteiger partial charge >= 0.3 is 0 Å². The molecule has 0 fully saturated rings. The second-order valence-corrected chi connectivity index (χ2v) is 4.48. The Kier molecular flexibility index (Phi) is 3.33. The maximum atomic E-state index is 11.7. The first kappa shape index (κ1) is 12.8. The summed E-state index contributed by atoms with van der Waals surface area (Å²) in [6.07, 6.45) is 16.9. The van der Waals surface area contributed by atoms with E-state index in [4.69, 9.17) is 19.3 Å². The van der Waals surface area contributed by atoms with Gasteiger partial charge in [0.1, 0.15) is 0 Å². The van der Waals surface area contributed by atoms with Crippen LogP contribution in [-0.4, -0.2) is 12.5 Å². The predicted octanol–water partition coefficient (Wildman–Crippen LogP) is 2.12. The van der Waals surface area contributed by atoms with Crippen LogP contribution < -0.4 is 4.90 Å². The minimum atomic E-state index is -0.0165. The Balaban J connectivity index is 2.62. The van der Waals surface area contributed by atoms with Gasteiger partial charge in [-0.3, -0.25) is 4.79 Å². The summed E-state index contributed by atoms with van der Waals surface area (Å²) in [7, 11) is 0. The SMILES string of the molecule is C#CCC1CN(C(C)=O)c2cc(C#C)c(C#C)cc21. The lowest BCUT2D eigenvalue weighted by Crippen LogP contribution is -2.27. The number of benzene rings is 1. The van der Waals surface area contributed by atoms with E-state index in [0.717, 1.165) is 11.3 Å². The number of hydrogen-bond acceptors (Lipinski definition) is 1. The maximum Gasteiger partial charge on any atom is 0.223 e. The van der Waals surface area contributed by atoms with Gasteiger partial charge in [0.25, 0.3) is 0 Å². The molecule has 1 heterocycles. The molecule has 1 aromatic carbocycles. The van der Waals surface area contributed by atoms with Crippen molar-refractivity contribution in [2.24, 2.45) is 0 Å². The molecule has 2 heteroatoms. The third kappa shape index (κ3) is 2.08. The Morgan fingerprint density at radius 1 is 1.32 bits per heavy atom. The second-order valence-electron chi connectivity index (χ2n) is 4.48. The fraction of sp³-hybridized carbons (Fsp3) is 0.235. The van der Waals surface area contributed by atoms with Gasteiger partial charge in [-0.25, -0.2) is 0 Å². The highest BCUT2D eigenvalue weighted by atomic mass is 16.2. The van der Waals surface area contributed by atoms with Crippen LogP contribution in [0, 0.1) is 37.0 Å². The first-order valence-corrected chi connectivity index (χ1v) is 5.95. The number of anilines is 1. The van der Waals surface area contributed by atoms with Gasteiger partial charge in [-0.05, 0) is 17.7 Å². The lowest BCUT2D eigenvalue weighted by molar-refractivity contribution is -0.116. The molecule has 19 heavy (non-hydrogen) atoms. The van der Waals surface area contributed by atoms with Gasteiger partial charge in [0, 0.05) is 42.6 Å². The van der Waals surface area contributed by atoms with Gasteiger partial charge in [-0.2, -0.15) is 0 Å². The molecule has 0 saturated heterocycles. The topological polar surface area (TPSA) is 20.3 Å².